The summed E-state index contributed by atoms with van der Waals surface area (Å²) in [5.41, 5.74) is 0.438. The van der Waals surface area contributed by atoms with E-state index in [1.165, 1.54) is 16.9 Å². The lowest BCUT2D eigenvalue weighted by atomic mass is 9.90. The lowest BCUT2D eigenvalue weighted by Gasteiger charge is -2.35. The molecule has 3 heterocycles. The van der Waals surface area contributed by atoms with Crippen LogP contribution in [0.1, 0.15) is 39.0 Å². The minimum atomic E-state index is -4.47. The molecule has 2 aromatic rings. The minimum Gasteiger partial charge on any atom is -0.352 e. The van der Waals surface area contributed by atoms with Crippen LogP contribution in [0.4, 0.5) is 19.0 Å². The van der Waals surface area contributed by atoms with Crippen molar-refractivity contribution in [3.8, 4) is 0 Å². The maximum Gasteiger partial charge on any atom is 0.417 e. The molecule has 2 aromatic heterocycles. The van der Waals surface area contributed by atoms with E-state index in [2.05, 4.69) is 11.9 Å². The highest BCUT2D eigenvalue weighted by atomic mass is 35.5. The Bertz CT molecular complexity index is 922. The van der Waals surface area contributed by atoms with Crippen molar-refractivity contribution in [2.75, 3.05) is 31.1 Å². The quantitative estimate of drug-likeness (QED) is 0.662. The lowest BCUT2D eigenvalue weighted by Crippen LogP contribution is -2.49. The number of piperazine rings is 1. The highest BCUT2D eigenvalue weighted by molar-refractivity contribution is 7.14. The van der Waals surface area contributed by atoms with Crippen molar-refractivity contribution in [3.63, 3.8) is 0 Å². The Morgan fingerprint density at radius 3 is 2.62 bits per heavy atom. The van der Waals surface area contributed by atoms with Crippen molar-refractivity contribution in [1.82, 2.24) is 9.88 Å². The van der Waals surface area contributed by atoms with Crippen molar-refractivity contribution in [1.29, 1.82) is 0 Å². The fraction of sp³-hybridized carbons (Fsp3) is 0.500. The first-order chi connectivity index (χ1) is 13.7. The van der Waals surface area contributed by atoms with Crippen molar-refractivity contribution in [2.24, 2.45) is 5.92 Å². The molecule has 0 aromatic carbocycles. The fourth-order valence-corrected chi connectivity index (χ4v) is 5.37. The van der Waals surface area contributed by atoms with Crippen LogP contribution in [-0.4, -0.2) is 42.0 Å². The first kappa shape index (κ1) is 20.5. The Balaban J connectivity index is 1.41. The molecule has 1 fully saturated rings. The second-order valence-electron chi connectivity index (χ2n) is 7.71. The Morgan fingerprint density at radius 1 is 1.24 bits per heavy atom. The molecule has 2 aliphatic rings. The maximum atomic E-state index is 12.9. The molecule has 0 saturated carbocycles. The summed E-state index contributed by atoms with van der Waals surface area (Å²) in [5.74, 6) is 1.01. The molecular formula is C20H21ClF3N3OS. The largest absolute Gasteiger partial charge is 0.417 e. The predicted molar refractivity (Wildman–Crippen MR) is 108 cm³/mol. The third-order valence-corrected chi connectivity index (χ3v) is 7.06. The lowest BCUT2D eigenvalue weighted by molar-refractivity contribution is -0.137. The number of aryl methyl sites for hydroxylation is 1. The van der Waals surface area contributed by atoms with E-state index < -0.39 is 11.7 Å². The van der Waals surface area contributed by atoms with E-state index in [4.69, 9.17) is 11.6 Å². The average Bonchev–Trinajstić information content (AvgIpc) is 3.10. The van der Waals surface area contributed by atoms with Gasteiger partial charge in [0.15, 0.2) is 0 Å². The molecule has 0 radical (unpaired) electrons. The molecule has 156 valence electrons. The number of amides is 1. The topological polar surface area (TPSA) is 36.4 Å². The van der Waals surface area contributed by atoms with Crippen LogP contribution in [0.2, 0.25) is 5.02 Å². The monoisotopic (exact) mass is 443 g/mol. The van der Waals surface area contributed by atoms with E-state index in [1.807, 2.05) is 11.0 Å². The fourth-order valence-electron chi connectivity index (χ4n) is 3.91. The zero-order valence-corrected chi connectivity index (χ0v) is 17.5. The number of rotatable bonds is 2. The summed E-state index contributed by atoms with van der Waals surface area (Å²) >= 11 is 7.65. The minimum absolute atomic E-state index is 0.0281. The summed E-state index contributed by atoms with van der Waals surface area (Å²) in [7, 11) is 0. The number of carbonyl (C=O) groups excluding carboxylic acids is 1. The van der Waals surface area contributed by atoms with Gasteiger partial charge in [-0.15, -0.1) is 11.3 Å². The number of anilines is 1. The van der Waals surface area contributed by atoms with Gasteiger partial charge in [0, 0.05) is 37.3 Å². The van der Waals surface area contributed by atoms with Gasteiger partial charge in [-0.2, -0.15) is 13.2 Å². The van der Waals surface area contributed by atoms with E-state index in [-0.39, 0.29) is 10.9 Å². The van der Waals surface area contributed by atoms with Crippen LogP contribution >= 0.6 is 22.9 Å². The third kappa shape index (κ3) is 4.23. The molecule has 0 N–H and O–H groups in total. The molecule has 0 bridgehead atoms. The molecule has 4 nitrogen and oxygen atoms in total. The number of hydrogen-bond acceptors (Lipinski definition) is 4. The number of fused-ring (bicyclic) bond motifs is 1. The number of aromatic nitrogens is 1. The van der Waals surface area contributed by atoms with E-state index in [0.29, 0.717) is 37.9 Å². The summed E-state index contributed by atoms with van der Waals surface area (Å²) in [6, 6.07) is 2.94. The van der Waals surface area contributed by atoms with Crippen LogP contribution in [0.3, 0.4) is 0 Å². The molecule has 1 atom stereocenters. The first-order valence-electron chi connectivity index (χ1n) is 9.61. The SMILES string of the molecule is C[C@H]1CCc2sc(C(=O)N3CCN(c4ncc(C(F)(F)F)cc4Cl)CC3)cc2C1. The predicted octanol–water partition coefficient (Wildman–Crippen LogP) is 4.90. The Labute approximate surface area is 176 Å². The molecule has 29 heavy (non-hydrogen) atoms. The molecule has 4 rings (SSSR count). The number of thiophene rings is 1. The molecule has 0 spiro atoms. The van der Waals surface area contributed by atoms with Gasteiger partial charge in [-0.1, -0.05) is 18.5 Å². The summed E-state index contributed by atoms with van der Waals surface area (Å²) < 4.78 is 38.4. The number of nitrogens with zero attached hydrogens (tertiary/aromatic N) is 3. The van der Waals surface area contributed by atoms with Crippen LogP contribution in [0.15, 0.2) is 18.3 Å². The Hall–Kier alpha value is -1.80. The van der Waals surface area contributed by atoms with Gasteiger partial charge in [-0.05, 0) is 42.9 Å². The van der Waals surface area contributed by atoms with E-state index in [9.17, 15) is 18.0 Å². The van der Waals surface area contributed by atoms with Crippen LogP contribution in [-0.2, 0) is 19.0 Å². The number of pyridine rings is 1. The molecule has 1 amide bonds. The highest BCUT2D eigenvalue weighted by Gasteiger charge is 2.33. The van der Waals surface area contributed by atoms with Crippen molar-refractivity contribution in [2.45, 2.75) is 32.4 Å². The van der Waals surface area contributed by atoms with Gasteiger partial charge < -0.3 is 9.80 Å². The van der Waals surface area contributed by atoms with Gasteiger partial charge in [0.05, 0.1) is 15.5 Å². The summed E-state index contributed by atoms with van der Waals surface area (Å²) in [5, 5.41) is -0.0281. The summed E-state index contributed by atoms with van der Waals surface area (Å²) in [4.78, 5) is 22.6. The number of hydrogen-bond donors (Lipinski definition) is 0. The van der Waals surface area contributed by atoms with E-state index >= 15 is 0 Å². The van der Waals surface area contributed by atoms with Crippen molar-refractivity contribution < 1.29 is 18.0 Å². The zero-order valence-electron chi connectivity index (χ0n) is 15.9. The first-order valence-corrected chi connectivity index (χ1v) is 10.8. The molecule has 1 aliphatic heterocycles. The van der Waals surface area contributed by atoms with Gasteiger partial charge in [-0.3, -0.25) is 4.79 Å². The van der Waals surface area contributed by atoms with Crippen molar-refractivity contribution >= 4 is 34.7 Å². The van der Waals surface area contributed by atoms with Crippen LogP contribution in [0.25, 0.3) is 0 Å². The van der Waals surface area contributed by atoms with Crippen LogP contribution in [0, 0.1) is 5.92 Å². The highest BCUT2D eigenvalue weighted by Crippen LogP contribution is 2.35. The second-order valence-corrected chi connectivity index (χ2v) is 9.26. The van der Waals surface area contributed by atoms with Gasteiger partial charge in [-0.25, -0.2) is 4.98 Å². The molecule has 1 aliphatic carbocycles. The van der Waals surface area contributed by atoms with Gasteiger partial charge >= 0.3 is 6.18 Å². The third-order valence-electron chi connectivity index (χ3n) is 5.56. The number of alkyl halides is 3. The molecule has 0 unspecified atom stereocenters. The summed E-state index contributed by atoms with van der Waals surface area (Å²) in [6.07, 6.45) is -0.431. The van der Waals surface area contributed by atoms with Crippen molar-refractivity contribution in [3.05, 3.63) is 44.2 Å². The Morgan fingerprint density at radius 2 is 1.97 bits per heavy atom. The molecule has 9 heteroatoms. The van der Waals surface area contributed by atoms with E-state index in [0.717, 1.165) is 30.0 Å². The number of halogens is 4. The number of carbonyl (C=O) groups is 1. The standard InChI is InChI=1S/C20H21ClF3N3OS/c1-12-2-3-16-13(8-12)9-17(29-16)19(28)27-6-4-26(5-7-27)18-15(21)10-14(11-25-18)20(22,23)24/h9-12H,2-8H2,1H3/t12-/m0/s1. The van der Waals surface area contributed by atoms with Gasteiger partial charge in [0.2, 0.25) is 0 Å². The van der Waals surface area contributed by atoms with Crippen LogP contribution < -0.4 is 4.90 Å². The molecule has 1 saturated heterocycles. The second kappa shape index (κ2) is 7.80. The summed E-state index contributed by atoms with van der Waals surface area (Å²) in [6.45, 7) is 4.16. The maximum absolute atomic E-state index is 12.9. The molecular weight excluding hydrogens is 423 g/mol. The normalized spacial score (nSPS) is 20.0. The van der Waals surface area contributed by atoms with Gasteiger partial charge in [0.1, 0.15) is 5.82 Å². The van der Waals surface area contributed by atoms with Gasteiger partial charge in [0.25, 0.3) is 5.91 Å². The van der Waals surface area contributed by atoms with Crippen LogP contribution in [0.5, 0.6) is 0 Å². The Kier molecular flexibility index (Phi) is 5.50. The zero-order chi connectivity index (χ0) is 20.8. The van der Waals surface area contributed by atoms with E-state index in [1.54, 1.807) is 16.2 Å². The average molecular weight is 444 g/mol. The smallest absolute Gasteiger partial charge is 0.352 e.